The van der Waals surface area contributed by atoms with Crippen LogP contribution in [-0.4, -0.2) is 25.7 Å². The molecule has 2 aromatic carbocycles. The summed E-state index contributed by atoms with van der Waals surface area (Å²) in [5.74, 6) is -0.741. The first-order valence-electron chi connectivity index (χ1n) is 11.8. The van der Waals surface area contributed by atoms with Crippen molar-refractivity contribution < 1.29 is 13.9 Å². The molecule has 0 radical (unpaired) electrons. The molecule has 0 aliphatic rings. The molecule has 0 unspecified atom stereocenters. The Morgan fingerprint density at radius 3 is 2.34 bits per heavy atom. The number of allylic oxidation sites excluding steroid dienone is 1. The first kappa shape index (κ1) is 26.1. The Hall–Kier alpha value is -3.50. The highest BCUT2D eigenvalue weighted by Gasteiger charge is 2.25. The number of hydrogen-bond donors (Lipinski definition) is 0. The highest BCUT2D eigenvalue weighted by molar-refractivity contribution is 7.99. The molecule has 0 spiro atoms. The number of nitrogens with zero attached hydrogens (tertiary/aromatic N) is 2. The molecule has 1 heterocycles. The molecule has 0 N–H and O–H groups in total. The number of anilines is 1. The van der Waals surface area contributed by atoms with Crippen molar-refractivity contribution in [3.63, 3.8) is 0 Å². The molecule has 0 atom stereocenters. The van der Waals surface area contributed by atoms with Crippen LogP contribution in [0.15, 0.2) is 67.0 Å². The molecule has 0 saturated heterocycles. The van der Waals surface area contributed by atoms with E-state index in [1.165, 1.54) is 11.8 Å². The standard InChI is InChI=1S/C28H30N2O4S/c1-6-21(23(17-29)27(31)33-9-4)25-26(35-20-13-10-18(5)11-14-20)22-15-12-19(30(7-2)8-3)16-24(22)34-28(25)32/h10-16H,6-9H2,1-5H3/b23-21+. The predicted octanol–water partition coefficient (Wildman–Crippen LogP) is 6.35. The van der Waals surface area contributed by atoms with Gasteiger partial charge in [0.15, 0.2) is 0 Å². The van der Waals surface area contributed by atoms with Crippen molar-refractivity contribution in [2.45, 2.75) is 50.8 Å². The van der Waals surface area contributed by atoms with E-state index in [1.54, 1.807) is 13.8 Å². The summed E-state index contributed by atoms with van der Waals surface area (Å²) in [6.07, 6.45) is 0.289. The molecule has 182 valence electrons. The zero-order valence-electron chi connectivity index (χ0n) is 20.8. The number of fused-ring (bicyclic) bond motifs is 1. The molecular formula is C28H30N2O4S. The summed E-state index contributed by atoms with van der Waals surface area (Å²) in [6.45, 7) is 11.4. The summed E-state index contributed by atoms with van der Waals surface area (Å²) in [4.78, 5) is 29.8. The molecule has 0 aliphatic carbocycles. The van der Waals surface area contributed by atoms with Gasteiger partial charge in [-0.15, -0.1) is 0 Å². The van der Waals surface area contributed by atoms with Gasteiger partial charge in [-0.2, -0.15) is 5.26 Å². The molecule has 0 bridgehead atoms. The van der Waals surface area contributed by atoms with Crippen LogP contribution >= 0.6 is 11.8 Å². The Morgan fingerprint density at radius 2 is 1.77 bits per heavy atom. The van der Waals surface area contributed by atoms with Gasteiger partial charge in [0, 0.05) is 40.0 Å². The number of rotatable bonds is 9. The van der Waals surface area contributed by atoms with Crippen molar-refractivity contribution in [2.75, 3.05) is 24.6 Å². The van der Waals surface area contributed by atoms with E-state index in [2.05, 4.69) is 18.7 Å². The third kappa shape index (κ3) is 5.60. The van der Waals surface area contributed by atoms with Gasteiger partial charge in [-0.3, -0.25) is 0 Å². The lowest BCUT2D eigenvalue weighted by molar-refractivity contribution is -0.137. The number of carbonyl (C=O) groups is 1. The summed E-state index contributed by atoms with van der Waals surface area (Å²) in [6, 6.07) is 15.8. The van der Waals surface area contributed by atoms with Gasteiger partial charge in [0.1, 0.15) is 17.2 Å². The van der Waals surface area contributed by atoms with Crippen LogP contribution in [0.4, 0.5) is 5.69 Å². The normalized spacial score (nSPS) is 11.7. The summed E-state index contributed by atoms with van der Waals surface area (Å²) < 4.78 is 10.9. The third-order valence-electron chi connectivity index (χ3n) is 5.76. The Morgan fingerprint density at radius 1 is 1.09 bits per heavy atom. The van der Waals surface area contributed by atoms with Crippen molar-refractivity contribution in [3.8, 4) is 6.07 Å². The molecule has 3 aromatic rings. The minimum atomic E-state index is -0.741. The second-order valence-electron chi connectivity index (χ2n) is 7.90. The lowest BCUT2D eigenvalue weighted by atomic mass is 9.98. The number of aryl methyl sites for hydroxylation is 1. The number of esters is 1. The zero-order valence-corrected chi connectivity index (χ0v) is 21.6. The summed E-state index contributed by atoms with van der Waals surface area (Å²) in [5, 5.41) is 10.5. The van der Waals surface area contributed by atoms with Gasteiger partial charge in [-0.05, 0) is 64.0 Å². The van der Waals surface area contributed by atoms with Crippen LogP contribution in [0.5, 0.6) is 0 Å². The second-order valence-corrected chi connectivity index (χ2v) is 8.98. The number of benzene rings is 2. The van der Waals surface area contributed by atoms with Crippen molar-refractivity contribution in [3.05, 3.63) is 69.6 Å². The monoisotopic (exact) mass is 490 g/mol. The lowest BCUT2D eigenvalue weighted by Crippen LogP contribution is -2.21. The Kier molecular flexibility index (Phi) is 8.78. The smallest absolute Gasteiger partial charge is 0.349 e. The van der Waals surface area contributed by atoms with Gasteiger partial charge in [0.25, 0.3) is 0 Å². The third-order valence-corrected chi connectivity index (χ3v) is 6.90. The lowest BCUT2D eigenvalue weighted by Gasteiger charge is -2.21. The van der Waals surface area contributed by atoms with Crippen molar-refractivity contribution in [2.24, 2.45) is 0 Å². The number of ether oxygens (including phenoxy) is 1. The van der Waals surface area contributed by atoms with Gasteiger partial charge in [0.05, 0.1) is 12.2 Å². The maximum Gasteiger partial charge on any atom is 0.349 e. The van der Waals surface area contributed by atoms with E-state index in [9.17, 15) is 14.9 Å². The Balaban J connectivity index is 2.36. The molecule has 0 fully saturated rings. The van der Waals surface area contributed by atoms with Crippen LogP contribution in [0.2, 0.25) is 0 Å². The molecule has 1 aromatic heterocycles. The fraction of sp³-hybridized carbons (Fsp3) is 0.321. The fourth-order valence-corrected chi connectivity index (χ4v) is 5.05. The quantitative estimate of drug-likeness (QED) is 0.150. The average Bonchev–Trinajstić information content (AvgIpc) is 2.85. The molecule has 6 nitrogen and oxygen atoms in total. The van der Waals surface area contributed by atoms with Crippen LogP contribution in [0.25, 0.3) is 16.5 Å². The van der Waals surface area contributed by atoms with Gasteiger partial charge < -0.3 is 14.1 Å². The molecule has 35 heavy (non-hydrogen) atoms. The first-order chi connectivity index (χ1) is 16.9. The van der Waals surface area contributed by atoms with E-state index < -0.39 is 11.6 Å². The van der Waals surface area contributed by atoms with Gasteiger partial charge in [0.2, 0.25) is 0 Å². The topological polar surface area (TPSA) is 83.5 Å². The maximum atomic E-state index is 13.4. The highest BCUT2D eigenvalue weighted by atomic mass is 32.2. The minimum Gasteiger partial charge on any atom is -0.462 e. The molecule has 3 rings (SSSR count). The molecule has 0 amide bonds. The fourth-order valence-electron chi connectivity index (χ4n) is 3.96. The Labute approximate surface area is 210 Å². The molecule has 0 aliphatic heterocycles. The zero-order chi connectivity index (χ0) is 25.5. The van der Waals surface area contributed by atoms with Crippen LogP contribution in [0.3, 0.4) is 0 Å². The van der Waals surface area contributed by atoms with E-state index in [4.69, 9.17) is 9.15 Å². The number of hydrogen-bond acceptors (Lipinski definition) is 7. The van der Waals surface area contributed by atoms with E-state index in [0.717, 1.165) is 34.6 Å². The van der Waals surface area contributed by atoms with Gasteiger partial charge >= 0.3 is 11.6 Å². The van der Waals surface area contributed by atoms with Gasteiger partial charge in [-0.25, -0.2) is 9.59 Å². The van der Waals surface area contributed by atoms with E-state index >= 15 is 0 Å². The second kappa shape index (κ2) is 11.8. The molecule has 0 saturated carbocycles. The summed E-state index contributed by atoms with van der Waals surface area (Å²) >= 11 is 1.42. The summed E-state index contributed by atoms with van der Waals surface area (Å²) in [7, 11) is 0. The maximum absolute atomic E-state index is 13.4. The van der Waals surface area contributed by atoms with E-state index in [-0.39, 0.29) is 24.2 Å². The Bertz CT molecular complexity index is 1350. The minimum absolute atomic E-state index is 0.131. The predicted molar refractivity (Wildman–Crippen MR) is 141 cm³/mol. The molecular weight excluding hydrogens is 460 g/mol. The highest BCUT2D eigenvalue weighted by Crippen LogP contribution is 2.40. The first-order valence-corrected chi connectivity index (χ1v) is 12.6. The summed E-state index contributed by atoms with van der Waals surface area (Å²) in [5.41, 5.74) is 2.33. The SMILES string of the molecule is CCOC(=O)/C(C#N)=C(\CC)c1c(Sc2ccc(C)cc2)c2ccc(N(CC)CC)cc2oc1=O. The number of nitriles is 1. The van der Waals surface area contributed by atoms with Crippen LogP contribution in [0, 0.1) is 18.3 Å². The van der Waals surface area contributed by atoms with Crippen LogP contribution in [-0.2, 0) is 9.53 Å². The molecule has 7 heteroatoms. The van der Waals surface area contributed by atoms with E-state index in [1.807, 2.05) is 55.5 Å². The van der Waals surface area contributed by atoms with E-state index in [0.29, 0.717) is 16.1 Å². The van der Waals surface area contributed by atoms with Crippen molar-refractivity contribution in [1.29, 1.82) is 5.26 Å². The number of carbonyl (C=O) groups excluding carboxylic acids is 1. The van der Waals surface area contributed by atoms with Crippen molar-refractivity contribution >= 4 is 40.0 Å². The van der Waals surface area contributed by atoms with Crippen LogP contribution < -0.4 is 10.5 Å². The van der Waals surface area contributed by atoms with Gasteiger partial charge in [-0.1, -0.05) is 36.4 Å². The average molecular weight is 491 g/mol. The van der Waals surface area contributed by atoms with Crippen LogP contribution in [0.1, 0.15) is 45.2 Å². The van der Waals surface area contributed by atoms with Crippen molar-refractivity contribution in [1.82, 2.24) is 0 Å². The largest absolute Gasteiger partial charge is 0.462 e.